The van der Waals surface area contributed by atoms with Gasteiger partial charge in [0.1, 0.15) is 24.7 Å². The highest BCUT2D eigenvalue weighted by molar-refractivity contribution is 5.71. The predicted octanol–water partition coefficient (Wildman–Crippen LogP) is 5.85. The number of rotatable bonds is 7. The first-order valence-electron chi connectivity index (χ1n) is 8.39. The van der Waals surface area contributed by atoms with E-state index in [0.717, 1.165) is 23.5 Å². The summed E-state index contributed by atoms with van der Waals surface area (Å²) in [5.74, 6) is 1.98. The van der Waals surface area contributed by atoms with Gasteiger partial charge in [-0.25, -0.2) is 0 Å². The van der Waals surface area contributed by atoms with Gasteiger partial charge in [0.05, 0.1) is 0 Å². The SMILES string of the molecule is C=CCOC1=C(C)CC(c2ccc(OCC=C)c(C)c2)=CC1(C)C. The highest BCUT2D eigenvalue weighted by atomic mass is 16.5. The van der Waals surface area contributed by atoms with E-state index in [2.05, 4.69) is 59.1 Å². The molecular formula is C22H28O2. The molecule has 1 aromatic rings. The van der Waals surface area contributed by atoms with Crippen LogP contribution in [-0.4, -0.2) is 13.2 Å². The van der Waals surface area contributed by atoms with Crippen molar-refractivity contribution in [2.75, 3.05) is 13.2 Å². The van der Waals surface area contributed by atoms with Crippen LogP contribution in [0.3, 0.4) is 0 Å². The molecule has 0 saturated heterocycles. The van der Waals surface area contributed by atoms with Crippen molar-refractivity contribution in [3.63, 3.8) is 0 Å². The molecule has 1 aliphatic carbocycles. The lowest BCUT2D eigenvalue weighted by Crippen LogP contribution is -2.20. The Labute approximate surface area is 146 Å². The van der Waals surface area contributed by atoms with Crippen molar-refractivity contribution in [1.82, 2.24) is 0 Å². The minimum absolute atomic E-state index is 0.118. The molecule has 2 rings (SSSR count). The quantitative estimate of drug-likeness (QED) is 0.586. The number of allylic oxidation sites excluding steroid dienone is 3. The van der Waals surface area contributed by atoms with Crippen molar-refractivity contribution in [3.8, 4) is 5.75 Å². The molecule has 0 aromatic heterocycles. The molecule has 0 fully saturated rings. The Bertz CT molecular complexity index is 690. The Kier molecular flexibility index (Phi) is 5.71. The maximum atomic E-state index is 5.92. The van der Waals surface area contributed by atoms with Crippen LogP contribution >= 0.6 is 0 Å². The molecule has 0 atom stereocenters. The van der Waals surface area contributed by atoms with Crippen molar-refractivity contribution in [1.29, 1.82) is 0 Å². The van der Waals surface area contributed by atoms with Crippen LogP contribution < -0.4 is 4.74 Å². The Balaban J connectivity index is 2.28. The average Bonchev–Trinajstić information content (AvgIpc) is 2.52. The molecule has 0 unspecified atom stereocenters. The van der Waals surface area contributed by atoms with Gasteiger partial charge in [0.15, 0.2) is 0 Å². The van der Waals surface area contributed by atoms with Gasteiger partial charge in [-0.1, -0.05) is 37.5 Å². The summed E-state index contributed by atoms with van der Waals surface area (Å²) in [6.07, 6.45) is 6.78. The molecule has 0 saturated carbocycles. The highest BCUT2D eigenvalue weighted by Crippen LogP contribution is 2.42. The summed E-state index contributed by atoms with van der Waals surface area (Å²) in [6.45, 7) is 17.1. The molecule has 0 spiro atoms. The summed E-state index contributed by atoms with van der Waals surface area (Å²) in [5.41, 5.74) is 4.88. The monoisotopic (exact) mass is 324 g/mol. The second-order valence-corrected chi connectivity index (χ2v) is 6.86. The number of aryl methyl sites for hydroxylation is 1. The van der Waals surface area contributed by atoms with Gasteiger partial charge in [-0.05, 0) is 68.5 Å². The molecule has 2 heteroatoms. The zero-order chi connectivity index (χ0) is 17.7. The fraction of sp³-hybridized carbons (Fsp3) is 0.364. The molecular weight excluding hydrogens is 296 g/mol. The molecule has 0 N–H and O–H groups in total. The minimum Gasteiger partial charge on any atom is -0.493 e. The summed E-state index contributed by atoms with van der Waals surface area (Å²) in [5, 5.41) is 0. The van der Waals surface area contributed by atoms with Gasteiger partial charge in [0.2, 0.25) is 0 Å². The Morgan fingerprint density at radius 3 is 2.33 bits per heavy atom. The van der Waals surface area contributed by atoms with E-state index in [-0.39, 0.29) is 5.41 Å². The lowest BCUT2D eigenvalue weighted by Gasteiger charge is -2.32. The van der Waals surface area contributed by atoms with Crippen LogP contribution in [0.25, 0.3) is 5.57 Å². The third-order valence-electron chi connectivity index (χ3n) is 4.21. The molecule has 1 aromatic carbocycles. The maximum absolute atomic E-state index is 5.92. The van der Waals surface area contributed by atoms with E-state index in [4.69, 9.17) is 9.47 Å². The number of benzene rings is 1. The molecule has 24 heavy (non-hydrogen) atoms. The fourth-order valence-electron chi connectivity index (χ4n) is 3.26. The largest absolute Gasteiger partial charge is 0.493 e. The smallest absolute Gasteiger partial charge is 0.122 e. The van der Waals surface area contributed by atoms with Crippen LogP contribution in [0.4, 0.5) is 0 Å². The van der Waals surface area contributed by atoms with Crippen LogP contribution in [-0.2, 0) is 4.74 Å². The zero-order valence-electron chi connectivity index (χ0n) is 15.3. The zero-order valence-corrected chi connectivity index (χ0v) is 15.3. The van der Waals surface area contributed by atoms with E-state index < -0.39 is 0 Å². The van der Waals surface area contributed by atoms with E-state index in [1.54, 1.807) is 12.2 Å². The molecule has 0 heterocycles. The third-order valence-corrected chi connectivity index (χ3v) is 4.21. The van der Waals surface area contributed by atoms with Crippen molar-refractivity contribution in [2.45, 2.75) is 34.1 Å². The van der Waals surface area contributed by atoms with Crippen molar-refractivity contribution in [2.24, 2.45) is 5.41 Å². The normalized spacial score (nSPS) is 16.4. The molecule has 1 aliphatic rings. The van der Waals surface area contributed by atoms with Crippen LogP contribution in [0.1, 0.15) is 38.3 Å². The first-order chi connectivity index (χ1) is 11.4. The van der Waals surface area contributed by atoms with Gasteiger partial charge < -0.3 is 9.47 Å². The van der Waals surface area contributed by atoms with Gasteiger partial charge in [-0.15, -0.1) is 0 Å². The van der Waals surface area contributed by atoms with Gasteiger partial charge in [-0.3, -0.25) is 0 Å². The lowest BCUT2D eigenvalue weighted by atomic mass is 9.78. The van der Waals surface area contributed by atoms with Gasteiger partial charge in [-0.2, -0.15) is 0 Å². The predicted molar refractivity (Wildman–Crippen MR) is 102 cm³/mol. The Hall–Kier alpha value is -2.22. The van der Waals surface area contributed by atoms with E-state index >= 15 is 0 Å². The van der Waals surface area contributed by atoms with E-state index in [1.165, 1.54) is 16.7 Å². The molecule has 0 aliphatic heterocycles. The number of ether oxygens (including phenoxy) is 2. The topological polar surface area (TPSA) is 18.5 Å². The van der Waals surface area contributed by atoms with E-state index in [0.29, 0.717) is 13.2 Å². The number of hydrogen-bond acceptors (Lipinski definition) is 2. The first-order valence-corrected chi connectivity index (χ1v) is 8.39. The standard InChI is InChI=1S/C22H28O2/c1-7-11-23-20-10-9-18(13-16(20)3)19-14-17(4)21(24-12-8-2)22(5,6)15-19/h7-10,13,15H,1-2,11-12,14H2,3-6H3. The van der Waals surface area contributed by atoms with Gasteiger partial charge in [0.25, 0.3) is 0 Å². The van der Waals surface area contributed by atoms with Gasteiger partial charge in [0, 0.05) is 5.41 Å². The third kappa shape index (κ3) is 4.00. The molecule has 0 bridgehead atoms. The summed E-state index contributed by atoms with van der Waals surface area (Å²) in [6, 6.07) is 6.38. The van der Waals surface area contributed by atoms with Crippen molar-refractivity contribution in [3.05, 3.63) is 72.0 Å². The molecule has 128 valence electrons. The average molecular weight is 324 g/mol. The van der Waals surface area contributed by atoms with Crippen LogP contribution in [0, 0.1) is 12.3 Å². The van der Waals surface area contributed by atoms with Crippen LogP contribution in [0.5, 0.6) is 5.75 Å². The second kappa shape index (κ2) is 7.57. The highest BCUT2D eigenvalue weighted by Gasteiger charge is 2.29. The Morgan fingerprint density at radius 2 is 1.75 bits per heavy atom. The summed E-state index contributed by atoms with van der Waals surface area (Å²) >= 11 is 0. The number of hydrogen-bond donors (Lipinski definition) is 0. The minimum atomic E-state index is -0.118. The van der Waals surface area contributed by atoms with Crippen molar-refractivity contribution < 1.29 is 9.47 Å². The van der Waals surface area contributed by atoms with E-state index in [9.17, 15) is 0 Å². The second-order valence-electron chi connectivity index (χ2n) is 6.86. The summed E-state index contributed by atoms with van der Waals surface area (Å²) in [4.78, 5) is 0. The van der Waals surface area contributed by atoms with Crippen molar-refractivity contribution >= 4 is 5.57 Å². The summed E-state index contributed by atoms with van der Waals surface area (Å²) < 4.78 is 11.6. The first kappa shape index (κ1) is 18.1. The molecule has 0 amide bonds. The molecule has 2 nitrogen and oxygen atoms in total. The molecule has 0 radical (unpaired) electrons. The van der Waals surface area contributed by atoms with Crippen LogP contribution in [0.15, 0.2) is 60.9 Å². The van der Waals surface area contributed by atoms with Crippen LogP contribution in [0.2, 0.25) is 0 Å². The Morgan fingerprint density at radius 1 is 1.08 bits per heavy atom. The van der Waals surface area contributed by atoms with E-state index in [1.807, 2.05) is 6.07 Å². The summed E-state index contributed by atoms with van der Waals surface area (Å²) in [7, 11) is 0. The fourth-order valence-corrected chi connectivity index (χ4v) is 3.26. The maximum Gasteiger partial charge on any atom is 0.122 e. The lowest BCUT2D eigenvalue weighted by molar-refractivity contribution is 0.183. The van der Waals surface area contributed by atoms with Gasteiger partial charge >= 0.3 is 0 Å².